The zero-order chi connectivity index (χ0) is 20.5. The molecule has 2 aliphatic rings. The highest BCUT2D eigenvalue weighted by Gasteiger charge is 2.55. The summed E-state index contributed by atoms with van der Waals surface area (Å²) < 4.78 is 14.4. The van der Waals surface area contributed by atoms with Crippen LogP contribution < -0.4 is 10.6 Å². The summed E-state index contributed by atoms with van der Waals surface area (Å²) in [6.45, 7) is 4.43. The van der Waals surface area contributed by atoms with Gasteiger partial charge in [-0.1, -0.05) is 13.0 Å². The summed E-state index contributed by atoms with van der Waals surface area (Å²) in [6, 6.07) is 4.26. The van der Waals surface area contributed by atoms with Crippen LogP contribution in [-0.2, 0) is 15.0 Å². The second-order valence-electron chi connectivity index (χ2n) is 8.28. The molecule has 3 rings (SSSR count). The number of piperidine rings is 1. The minimum atomic E-state index is -0.762. The average molecular weight is 391 g/mol. The summed E-state index contributed by atoms with van der Waals surface area (Å²) in [5.74, 6) is -0.706. The lowest BCUT2D eigenvalue weighted by Crippen LogP contribution is -2.57. The number of benzene rings is 1. The lowest BCUT2D eigenvalue weighted by atomic mass is 9.85. The third kappa shape index (κ3) is 3.99. The second-order valence-corrected chi connectivity index (χ2v) is 8.28. The van der Waals surface area contributed by atoms with E-state index in [1.165, 1.54) is 6.07 Å². The number of halogens is 1. The van der Waals surface area contributed by atoms with E-state index in [1.807, 2.05) is 6.07 Å². The fourth-order valence-corrected chi connectivity index (χ4v) is 4.00. The highest BCUT2D eigenvalue weighted by Crippen LogP contribution is 2.52. The molecule has 1 saturated carbocycles. The molecule has 0 spiro atoms. The van der Waals surface area contributed by atoms with Crippen molar-refractivity contribution in [1.29, 1.82) is 0 Å². The standard InChI is InChI=1S/C21H30FN3O3/c1-4-17(26)24-18(19(27)25-11-9-20(2,28)10-12-25)21(7-8-21)14-5-6-16(23-3)15(22)13-14/h5-6,13,18,23,28H,4,7-12H2,1-3H3,(H,24,26). The molecule has 1 saturated heterocycles. The van der Waals surface area contributed by atoms with Crippen LogP contribution in [-0.4, -0.2) is 53.6 Å². The number of nitrogens with one attached hydrogen (secondary N) is 2. The van der Waals surface area contributed by atoms with Crippen molar-refractivity contribution in [2.75, 3.05) is 25.5 Å². The van der Waals surface area contributed by atoms with Crippen LogP contribution in [0.15, 0.2) is 18.2 Å². The van der Waals surface area contributed by atoms with Gasteiger partial charge >= 0.3 is 0 Å². The molecule has 2 fully saturated rings. The van der Waals surface area contributed by atoms with E-state index in [0.29, 0.717) is 31.6 Å². The van der Waals surface area contributed by atoms with Crippen molar-refractivity contribution in [3.63, 3.8) is 0 Å². The minimum absolute atomic E-state index is 0.145. The van der Waals surface area contributed by atoms with Crippen LogP contribution in [0.5, 0.6) is 0 Å². The van der Waals surface area contributed by atoms with Crippen molar-refractivity contribution in [2.24, 2.45) is 0 Å². The first-order valence-electron chi connectivity index (χ1n) is 10.0. The first-order chi connectivity index (χ1) is 13.2. The maximum absolute atomic E-state index is 14.4. The van der Waals surface area contributed by atoms with Gasteiger partial charge in [-0.15, -0.1) is 0 Å². The minimum Gasteiger partial charge on any atom is -0.390 e. The van der Waals surface area contributed by atoms with Gasteiger partial charge in [0.2, 0.25) is 11.8 Å². The van der Waals surface area contributed by atoms with Gasteiger partial charge in [-0.2, -0.15) is 0 Å². The van der Waals surface area contributed by atoms with Gasteiger partial charge in [0.25, 0.3) is 0 Å². The summed E-state index contributed by atoms with van der Waals surface area (Å²) in [5, 5.41) is 15.9. The zero-order valence-corrected chi connectivity index (χ0v) is 16.8. The fourth-order valence-electron chi connectivity index (χ4n) is 4.00. The molecule has 3 N–H and O–H groups in total. The molecule has 1 aliphatic heterocycles. The van der Waals surface area contributed by atoms with E-state index in [0.717, 1.165) is 18.4 Å². The molecular weight excluding hydrogens is 361 g/mol. The molecule has 0 radical (unpaired) electrons. The number of likely N-dealkylation sites (tertiary alicyclic amines) is 1. The molecule has 6 nitrogen and oxygen atoms in total. The number of rotatable bonds is 6. The van der Waals surface area contributed by atoms with E-state index in [-0.39, 0.29) is 24.1 Å². The molecule has 7 heteroatoms. The van der Waals surface area contributed by atoms with E-state index >= 15 is 0 Å². The Hall–Kier alpha value is -2.15. The van der Waals surface area contributed by atoms with Crippen LogP contribution >= 0.6 is 0 Å². The number of amides is 2. The molecule has 1 aliphatic carbocycles. The maximum Gasteiger partial charge on any atom is 0.246 e. The summed E-state index contributed by atoms with van der Waals surface area (Å²) in [7, 11) is 1.66. The summed E-state index contributed by atoms with van der Waals surface area (Å²) in [6.07, 6.45) is 2.73. The normalized spacial score (nSPS) is 21.0. The molecule has 1 atom stereocenters. The van der Waals surface area contributed by atoms with Crippen molar-refractivity contribution in [3.8, 4) is 0 Å². The first-order valence-corrected chi connectivity index (χ1v) is 10.0. The van der Waals surface area contributed by atoms with Crippen molar-refractivity contribution >= 4 is 17.5 Å². The number of nitrogens with zero attached hydrogens (tertiary/aromatic N) is 1. The number of hydrogen-bond donors (Lipinski definition) is 3. The topological polar surface area (TPSA) is 81.7 Å². The molecule has 1 heterocycles. The zero-order valence-electron chi connectivity index (χ0n) is 16.8. The SMILES string of the molecule is CCC(=O)NC(C(=O)N1CCC(C)(O)CC1)C1(c2ccc(NC)c(F)c2)CC1. The van der Waals surface area contributed by atoms with E-state index in [4.69, 9.17) is 0 Å². The van der Waals surface area contributed by atoms with Gasteiger partial charge in [-0.25, -0.2) is 4.39 Å². The van der Waals surface area contributed by atoms with E-state index in [9.17, 15) is 19.1 Å². The summed E-state index contributed by atoms with van der Waals surface area (Å²) in [4.78, 5) is 27.3. The first kappa shape index (κ1) is 20.6. The molecule has 0 bridgehead atoms. The van der Waals surface area contributed by atoms with Crippen molar-refractivity contribution in [1.82, 2.24) is 10.2 Å². The third-order valence-corrected chi connectivity index (χ3v) is 6.18. The van der Waals surface area contributed by atoms with E-state index in [1.54, 1.807) is 31.9 Å². The van der Waals surface area contributed by atoms with Gasteiger partial charge in [0, 0.05) is 32.0 Å². The van der Waals surface area contributed by atoms with Crippen LogP contribution in [0.3, 0.4) is 0 Å². The monoisotopic (exact) mass is 391 g/mol. The molecule has 0 aromatic heterocycles. The van der Waals surface area contributed by atoms with Crippen molar-refractivity contribution < 1.29 is 19.1 Å². The van der Waals surface area contributed by atoms with Gasteiger partial charge < -0.3 is 20.6 Å². The Kier molecular flexibility index (Phi) is 5.66. The molecule has 154 valence electrons. The summed E-state index contributed by atoms with van der Waals surface area (Å²) >= 11 is 0. The van der Waals surface area contributed by atoms with Crippen LogP contribution in [0.2, 0.25) is 0 Å². The average Bonchev–Trinajstić information content (AvgIpc) is 3.47. The molecule has 1 unspecified atom stereocenters. The predicted molar refractivity (Wildman–Crippen MR) is 106 cm³/mol. The lowest BCUT2D eigenvalue weighted by Gasteiger charge is -2.39. The molecule has 28 heavy (non-hydrogen) atoms. The number of carbonyl (C=O) groups is 2. The Labute approximate surface area is 165 Å². The van der Waals surface area contributed by atoms with Crippen molar-refractivity contribution in [3.05, 3.63) is 29.6 Å². The Balaban J connectivity index is 1.88. The predicted octanol–water partition coefficient (Wildman–Crippen LogP) is 2.17. The van der Waals surface area contributed by atoms with E-state index < -0.39 is 17.1 Å². The number of anilines is 1. The Morgan fingerprint density at radius 3 is 2.39 bits per heavy atom. The summed E-state index contributed by atoms with van der Waals surface area (Å²) in [5.41, 5.74) is -0.196. The number of carbonyl (C=O) groups excluding carboxylic acids is 2. The van der Waals surface area contributed by atoms with Gasteiger partial charge in [-0.05, 0) is 50.3 Å². The van der Waals surface area contributed by atoms with Gasteiger partial charge in [-0.3, -0.25) is 9.59 Å². The highest BCUT2D eigenvalue weighted by atomic mass is 19.1. The van der Waals surface area contributed by atoms with Gasteiger partial charge in [0.1, 0.15) is 11.9 Å². The molecular formula is C21H30FN3O3. The Morgan fingerprint density at radius 2 is 1.89 bits per heavy atom. The van der Waals surface area contributed by atoms with Gasteiger partial charge in [0.05, 0.1) is 11.3 Å². The third-order valence-electron chi connectivity index (χ3n) is 6.18. The van der Waals surface area contributed by atoms with Crippen LogP contribution in [0.25, 0.3) is 0 Å². The van der Waals surface area contributed by atoms with Crippen LogP contribution in [0.1, 0.15) is 51.5 Å². The quantitative estimate of drug-likeness (QED) is 0.694. The largest absolute Gasteiger partial charge is 0.390 e. The smallest absolute Gasteiger partial charge is 0.246 e. The maximum atomic E-state index is 14.4. The Bertz CT molecular complexity index is 751. The van der Waals surface area contributed by atoms with Crippen molar-refractivity contribution in [2.45, 2.75) is 63.0 Å². The van der Waals surface area contributed by atoms with Crippen LogP contribution in [0, 0.1) is 5.82 Å². The Morgan fingerprint density at radius 1 is 1.25 bits per heavy atom. The molecule has 2 amide bonds. The highest BCUT2D eigenvalue weighted by molar-refractivity contribution is 5.90. The van der Waals surface area contributed by atoms with Crippen LogP contribution in [0.4, 0.5) is 10.1 Å². The fraction of sp³-hybridized carbons (Fsp3) is 0.619. The lowest BCUT2D eigenvalue weighted by molar-refractivity contribution is -0.140. The van der Waals surface area contributed by atoms with E-state index in [2.05, 4.69) is 10.6 Å². The second kappa shape index (κ2) is 7.70. The number of aliphatic hydroxyl groups is 1. The number of hydrogen-bond acceptors (Lipinski definition) is 4. The molecule has 1 aromatic carbocycles. The van der Waals surface area contributed by atoms with Gasteiger partial charge in [0.15, 0.2) is 0 Å². The molecule has 1 aromatic rings.